The predicted molar refractivity (Wildman–Crippen MR) is 116 cm³/mol. The van der Waals surface area contributed by atoms with Crippen molar-refractivity contribution < 1.29 is 14.4 Å². The highest BCUT2D eigenvalue weighted by atomic mass is 35.5. The van der Waals surface area contributed by atoms with Gasteiger partial charge >= 0.3 is 0 Å². The van der Waals surface area contributed by atoms with Crippen LogP contribution in [0.25, 0.3) is 0 Å². The van der Waals surface area contributed by atoms with E-state index in [0.29, 0.717) is 28.4 Å². The van der Waals surface area contributed by atoms with E-state index in [4.69, 9.17) is 11.6 Å². The highest BCUT2D eigenvalue weighted by Gasteiger charge is 2.26. The lowest BCUT2D eigenvalue weighted by atomic mass is 10.0. The molecule has 2 aromatic rings. The minimum atomic E-state index is -0.757. The maximum Gasteiger partial charge on any atom is 0.252 e. The third kappa shape index (κ3) is 6.06. The van der Waals surface area contributed by atoms with Crippen molar-refractivity contribution >= 4 is 40.7 Å². The number of rotatable bonds is 7. The summed E-state index contributed by atoms with van der Waals surface area (Å²) in [5.41, 5.74) is 2.24. The summed E-state index contributed by atoms with van der Waals surface area (Å²) in [7, 11) is 0. The quantitative estimate of drug-likeness (QED) is 0.626. The van der Waals surface area contributed by atoms with E-state index < -0.39 is 6.04 Å². The molecule has 0 aliphatic heterocycles. The van der Waals surface area contributed by atoms with Gasteiger partial charge in [0.15, 0.2) is 0 Å². The molecule has 2 rings (SSSR count). The summed E-state index contributed by atoms with van der Waals surface area (Å²) in [5.74, 6) is -0.991. The average Bonchev–Trinajstić information content (AvgIpc) is 2.68. The Labute approximate surface area is 176 Å². The van der Waals surface area contributed by atoms with Crippen LogP contribution in [0.1, 0.15) is 43.1 Å². The Hall–Kier alpha value is -2.86. The number of carbonyl (C=O) groups excluding carboxylic acids is 3. The van der Waals surface area contributed by atoms with Gasteiger partial charge in [-0.3, -0.25) is 14.4 Å². The minimum absolute atomic E-state index is 0.143. The van der Waals surface area contributed by atoms with Crippen LogP contribution in [0.5, 0.6) is 0 Å². The van der Waals surface area contributed by atoms with Crippen LogP contribution in [0.2, 0.25) is 5.02 Å². The Bertz CT molecular complexity index is 912. The van der Waals surface area contributed by atoms with E-state index in [1.54, 1.807) is 37.3 Å². The number of hydrogen-bond donors (Lipinski definition) is 3. The normalized spacial score (nSPS) is 11.7. The molecule has 1 unspecified atom stereocenters. The van der Waals surface area contributed by atoms with Crippen molar-refractivity contribution in [2.24, 2.45) is 5.92 Å². The maximum absolute atomic E-state index is 12.9. The second kappa shape index (κ2) is 10.1. The fraction of sp³-hybridized carbons (Fsp3) is 0.318. The first-order valence-electron chi connectivity index (χ1n) is 9.49. The van der Waals surface area contributed by atoms with Crippen molar-refractivity contribution in [3.63, 3.8) is 0 Å². The van der Waals surface area contributed by atoms with Crippen LogP contribution in [0.3, 0.4) is 0 Å². The third-order valence-electron chi connectivity index (χ3n) is 4.45. The molecule has 0 aromatic heterocycles. The topological polar surface area (TPSA) is 87.3 Å². The van der Waals surface area contributed by atoms with Gasteiger partial charge in [0.2, 0.25) is 11.8 Å². The third-order valence-corrected chi connectivity index (χ3v) is 4.78. The lowest BCUT2D eigenvalue weighted by molar-refractivity contribution is -0.119. The summed E-state index contributed by atoms with van der Waals surface area (Å²) in [6, 6.07) is 11.3. The molecule has 29 heavy (non-hydrogen) atoms. The number of nitrogens with one attached hydrogen (secondary N) is 3. The fourth-order valence-electron chi connectivity index (χ4n) is 2.74. The molecule has 3 amide bonds. The number of benzene rings is 2. The highest BCUT2D eigenvalue weighted by Crippen LogP contribution is 2.26. The van der Waals surface area contributed by atoms with Gasteiger partial charge < -0.3 is 16.0 Å². The summed E-state index contributed by atoms with van der Waals surface area (Å²) in [4.78, 5) is 37.1. The number of carbonyl (C=O) groups is 3. The van der Waals surface area contributed by atoms with Gasteiger partial charge in [0.25, 0.3) is 5.91 Å². The zero-order chi connectivity index (χ0) is 21.6. The van der Waals surface area contributed by atoms with Crippen LogP contribution in [-0.2, 0) is 9.59 Å². The molecule has 0 bridgehead atoms. The van der Waals surface area contributed by atoms with Gasteiger partial charge in [0.05, 0.1) is 10.7 Å². The molecule has 0 fully saturated rings. The minimum Gasteiger partial charge on any atom is -0.340 e. The summed E-state index contributed by atoms with van der Waals surface area (Å²) in [6.45, 7) is 7.29. The molecule has 0 saturated heterocycles. The lowest BCUT2D eigenvalue weighted by Gasteiger charge is -2.22. The first kappa shape index (κ1) is 22.4. The maximum atomic E-state index is 12.9. The molecule has 0 aliphatic carbocycles. The molecule has 0 saturated carbocycles. The molecular weight excluding hydrogens is 390 g/mol. The van der Waals surface area contributed by atoms with Crippen molar-refractivity contribution in [1.29, 1.82) is 0 Å². The zero-order valence-electron chi connectivity index (χ0n) is 17.0. The van der Waals surface area contributed by atoms with E-state index in [1.807, 2.05) is 32.9 Å². The molecule has 154 valence electrons. The van der Waals surface area contributed by atoms with Crippen LogP contribution in [0.4, 0.5) is 11.4 Å². The molecule has 0 spiro atoms. The second-order valence-corrected chi connectivity index (χ2v) is 7.50. The first-order chi connectivity index (χ1) is 13.7. The largest absolute Gasteiger partial charge is 0.340 e. The van der Waals surface area contributed by atoms with Gasteiger partial charge in [-0.05, 0) is 42.7 Å². The predicted octanol–water partition coefficient (Wildman–Crippen LogP) is 4.39. The molecule has 7 heteroatoms. The monoisotopic (exact) mass is 415 g/mol. The van der Waals surface area contributed by atoms with E-state index in [1.165, 1.54) is 0 Å². The van der Waals surface area contributed by atoms with Crippen molar-refractivity contribution in [3.05, 3.63) is 58.6 Å². The molecule has 6 nitrogen and oxygen atoms in total. The van der Waals surface area contributed by atoms with Gasteiger partial charge in [-0.2, -0.15) is 0 Å². The van der Waals surface area contributed by atoms with E-state index in [2.05, 4.69) is 16.0 Å². The molecular formula is C22H26ClN3O3. The van der Waals surface area contributed by atoms with Crippen molar-refractivity contribution in [3.8, 4) is 0 Å². The van der Waals surface area contributed by atoms with E-state index in [9.17, 15) is 14.4 Å². The zero-order valence-corrected chi connectivity index (χ0v) is 17.8. The average molecular weight is 416 g/mol. The van der Waals surface area contributed by atoms with Crippen LogP contribution in [0.15, 0.2) is 42.5 Å². The van der Waals surface area contributed by atoms with Crippen LogP contribution in [0, 0.1) is 12.8 Å². The summed E-state index contributed by atoms with van der Waals surface area (Å²) >= 11 is 6.20. The number of amides is 3. The van der Waals surface area contributed by atoms with Gasteiger partial charge in [-0.1, -0.05) is 50.6 Å². The number of hydrogen-bond acceptors (Lipinski definition) is 3. The Kier molecular flexibility index (Phi) is 7.79. The molecule has 1 atom stereocenters. The number of aryl methyl sites for hydroxylation is 1. The van der Waals surface area contributed by atoms with Gasteiger partial charge in [-0.15, -0.1) is 0 Å². The van der Waals surface area contributed by atoms with Gasteiger partial charge in [0, 0.05) is 17.7 Å². The summed E-state index contributed by atoms with van der Waals surface area (Å²) < 4.78 is 0. The second-order valence-electron chi connectivity index (χ2n) is 7.10. The Morgan fingerprint density at radius 3 is 2.34 bits per heavy atom. The molecule has 2 aromatic carbocycles. The van der Waals surface area contributed by atoms with E-state index in [-0.39, 0.29) is 23.6 Å². The van der Waals surface area contributed by atoms with Crippen LogP contribution < -0.4 is 16.0 Å². The summed E-state index contributed by atoms with van der Waals surface area (Å²) in [6.07, 6.45) is 0.338. The standard InChI is InChI=1S/C22H26ClN3O3/c1-5-19(27)24-15-10-11-17(23)18(12-15)25-22(29)20(13(2)3)26-21(28)16-9-7-6-8-14(16)4/h6-13,20H,5H2,1-4H3,(H,24,27)(H,25,29)(H,26,28). The van der Waals surface area contributed by atoms with Crippen LogP contribution in [-0.4, -0.2) is 23.8 Å². The molecule has 3 N–H and O–H groups in total. The van der Waals surface area contributed by atoms with E-state index >= 15 is 0 Å². The Morgan fingerprint density at radius 1 is 1.03 bits per heavy atom. The fourth-order valence-corrected chi connectivity index (χ4v) is 2.91. The Morgan fingerprint density at radius 2 is 1.72 bits per heavy atom. The van der Waals surface area contributed by atoms with Crippen molar-refractivity contribution in [2.75, 3.05) is 10.6 Å². The molecule has 0 heterocycles. The number of anilines is 2. The summed E-state index contributed by atoms with van der Waals surface area (Å²) in [5, 5.41) is 8.62. The van der Waals surface area contributed by atoms with Crippen molar-refractivity contribution in [1.82, 2.24) is 5.32 Å². The first-order valence-corrected chi connectivity index (χ1v) is 9.87. The SMILES string of the molecule is CCC(=O)Nc1ccc(Cl)c(NC(=O)C(NC(=O)c2ccccc2C)C(C)C)c1. The van der Waals surface area contributed by atoms with Crippen LogP contribution >= 0.6 is 11.6 Å². The van der Waals surface area contributed by atoms with Gasteiger partial charge in [0.1, 0.15) is 6.04 Å². The lowest BCUT2D eigenvalue weighted by Crippen LogP contribution is -2.47. The van der Waals surface area contributed by atoms with Gasteiger partial charge in [-0.25, -0.2) is 0 Å². The van der Waals surface area contributed by atoms with Crippen molar-refractivity contribution in [2.45, 2.75) is 40.2 Å². The number of halogens is 1. The van der Waals surface area contributed by atoms with E-state index in [0.717, 1.165) is 5.56 Å². The molecule has 0 radical (unpaired) electrons. The highest BCUT2D eigenvalue weighted by molar-refractivity contribution is 6.34. The molecule has 0 aliphatic rings. The Balaban J connectivity index is 2.17. The smallest absolute Gasteiger partial charge is 0.252 e.